The Morgan fingerprint density at radius 3 is 2.29 bits per heavy atom. The molecule has 0 spiro atoms. The molecule has 0 N–H and O–H groups in total. The summed E-state index contributed by atoms with van der Waals surface area (Å²) in [6, 6.07) is 17.6. The fourth-order valence-corrected chi connectivity index (χ4v) is 3.95. The van der Waals surface area contributed by atoms with E-state index in [4.69, 9.17) is 4.42 Å². The highest BCUT2D eigenvalue weighted by molar-refractivity contribution is 6.22. The van der Waals surface area contributed by atoms with Gasteiger partial charge in [0.25, 0.3) is 17.7 Å². The largest absolute Gasteiger partial charge is 0.467 e. The number of hydrazone groups is 1. The van der Waals surface area contributed by atoms with Gasteiger partial charge >= 0.3 is 0 Å². The summed E-state index contributed by atoms with van der Waals surface area (Å²) >= 11 is 0. The van der Waals surface area contributed by atoms with Gasteiger partial charge in [-0.3, -0.25) is 19.3 Å². The van der Waals surface area contributed by atoms with Gasteiger partial charge in [-0.15, -0.1) is 0 Å². The Kier molecular flexibility index (Phi) is 4.51. The van der Waals surface area contributed by atoms with Gasteiger partial charge in [0.2, 0.25) is 0 Å². The third kappa shape index (κ3) is 3.24. The minimum Gasteiger partial charge on any atom is -0.467 e. The molecule has 31 heavy (non-hydrogen) atoms. The first-order valence-electron chi connectivity index (χ1n) is 9.98. The number of hydrogen-bond acceptors (Lipinski definition) is 5. The lowest BCUT2D eigenvalue weighted by Crippen LogP contribution is -2.41. The SMILES string of the molecule is Cc1ccc(C2=NN(C(=O)CN3C(=O)c4ccccc4C3=O)[C@@H](c3ccco3)C2)cc1. The molecule has 2 aliphatic rings. The van der Waals surface area contributed by atoms with Gasteiger partial charge in [0.1, 0.15) is 18.3 Å². The molecule has 0 aliphatic carbocycles. The standard InChI is InChI=1S/C24H19N3O4/c1-15-8-10-16(11-9-15)19-13-20(21-7-4-12-31-21)27(25-19)22(28)14-26-23(29)17-5-2-3-6-18(17)24(26)30/h2-12,20H,13-14H2,1H3/t20-/m1/s1. The first kappa shape index (κ1) is 19.0. The lowest BCUT2D eigenvalue weighted by Gasteiger charge is -2.22. The van der Waals surface area contributed by atoms with Gasteiger partial charge in [0, 0.05) is 6.42 Å². The molecule has 2 aromatic carbocycles. The zero-order valence-corrected chi connectivity index (χ0v) is 16.8. The first-order chi connectivity index (χ1) is 15.0. The molecular formula is C24H19N3O4. The van der Waals surface area contributed by atoms with Crippen molar-refractivity contribution >= 4 is 23.4 Å². The van der Waals surface area contributed by atoms with Gasteiger partial charge < -0.3 is 4.42 Å². The number of aryl methyl sites for hydroxylation is 1. The summed E-state index contributed by atoms with van der Waals surface area (Å²) < 4.78 is 5.55. The molecule has 3 aromatic rings. The molecule has 0 fully saturated rings. The molecule has 0 saturated carbocycles. The summed E-state index contributed by atoms with van der Waals surface area (Å²) in [5.41, 5.74) is 3.42. The van der Waals surface area contributed by atoms with Crippen LogP contribution in [0.25, 0.3) is 0 Å². The van der Waals surface area contributed by atoms with Crippen LogP contribution in [0.2, 0.25) is 0 Å². The highest BCUT2D eigenvalue weighted by Gasteiger charge is 2.40. The van der Waals surface area contributed by atoms with E-state index in [2.05, 4.69) is 5.10 Å². The number of nitrogens with zero attached hydrogens (tertiary/aromatic N) is 3. The van der Waals surface area contributed by atoms with Crippen LogP contribution in [0.1, 0.15) is 50.1 Å². The van der Waals surface area contributed by atoms with Crippen LogP contribution in [-0.2, 0) is 4.79 Å². The average Bonchev–Trinajstić information content (AvgIpc) is 3.51. The molecule has 5 rings (SSSR count). The Morgan fingerprint density at radius 2 is 1.68 bits per heavy atom. The Hall–Kier alpha value is -4.00. The number of fused-ring (bicyclic) bond motifs is 1. The Balaban J connectivity index is 1.43. The minimum absolute atomic E-state index is 0.313. The molecule has 0 bridgehead atoms. The molecule has 1 aromatic heterocycles. The molecule has 154 valence electrons. The van der Waals surface area contributed by atoms with E-state index in [1.165, 1.54) is 5.01 Å². The highest BCUT2D eigenvalue weighted by atomic mass is 16.3. The summed E-state index contributed by atoms with van der Waals surface area (Å²) in [4.78, 5) is 39.5. The summed E-state index contributed by atoms with van der Waals surface area (Å²) in [5.74, 6) is -0.782. The van der Waals surface area contributed by atoms with E-state index < -0.39 is 23.8 Å². The molecule has 0 radical (unpaired) electrons. The highest BCUT2D eigenvalue weighted by Crippen LogP contribution is 2.33. The van der Waals surface area contributed by atoms with Gasteiger partial charge in [-0.05, 0) is 36.8 Å². The summed E-state index contributed by atoms with van der Waals surface area (Å²) in [7, 11) is 0. The van der Waals surface area contributed by atoms with E-state index in [0.717, 1.165) is 21.7 Å². The predicted molar refractivity (Wildman–Crippen MR) is 112 cm³/mol. The molecular weight excluding hydrogens is 394 g/mol. The third-order valence-electron chi connectivity index (χ3n) is 5.59. The molecule has 7 heteroatoms. The van der Waals surface area contributed by atoms with Crippen molar-refractivity contribution in [2.45, 2.75) is 19.4 Å². The fourth-order valence-electron chi connectivity index (χ4n) is 3.95. The second-order valence-electron chi connectivity index (χ2n) is 7.63. The number of carbonyl (C=O) groups excluding carboxylic acids is 3. The number of imide groups is 1. The van der Waals surface area contributed by atoms with Crippen molar-refractivity contribution in [3.63, 3.8) is 0 Å². The third-order valence-corrected chi connectivity index (χ3v) is 5.59. The second-order valence-corrected chi connectivity index (χ2v) is 7.63. The van der Waals surface area contributed by atoms with Crippen molar-refractivity contribution in [2.75, 3.05) is 6.54 Å². The maximum absolute atomic E-state index is 13.2. The number of rotatable bonds is 4. The maximum atomic E-state index is 13.2. The zero-order valence-electron chi connectivity index (χ0n) is 16.8. The van der Waals surface area contributed by atoms with Crippen LogP contribution in [-0.4, -0.2) is 39.9 Å². The Bertz CT molecular complexity index is 1180. The Morgan fingerprint density at radius 1 is 1.00 bits per heavy atom. The van der Waals surface area contributed by atoms with Crippen LogP contribution in [0.3, 0.4) is 0 Å². The van der Waals surface area contributed by atoms with Gasteiger partial charge in [-0.1, -0.05) is 42.0 Å². The summed E-state index contributed by atoms with van der Waals surface area (Å²) in [6.45, 7) is 1.62. The monoisotopic (exact) mass is 413 g/mol. The zero-order chi connectivity index (χ0) is 21.5. The van der Waals surface area contributed by atoms with Gasteiger partial charge in [0.05, 0.1) is 23.1 Å². The van der Waals surface area contributed by atoms with E-state index >= 15 is 0 Å². The van der Waals surface area contributed by atoms with Gasteiger partial charge in [-0.2, -0.15) is 5.10 Å². The van der Waals surface area contributed by atoms with Crippen LogP contribution in [0.4, 0.5) is 0 Å². The average molecular weight is 413 g/mol. The van der Waals surface area contributed by atoms with Crippen molar-refractivity contribution < 1.29 is 18.8 Å². The maximum Gasteiger partial charge on any atom is 0.263 e. The number of carbonyl (C=O) groups is 3. The topological polar surface area (TPSA) is 83.2 Å². The van der Waals surface area contributed by atoms with Gasteiger partial charge in [-0.25, -0.2) is 5.01 Å². The van der Waals surface area contributed by atoms with Crippen molar-refractivity contribution in [3.05, 3.63) is 94.9 Å². The number of hydrogen-bond donors (Lipinski definition) is 0. The molecule has 3 heterocycles. The van der Waals surface area contributed by atoms with E-state index in [-0.39, 0.29) is 6.54 Å². The molecule has 7 nitrogen and oxygen atoms in total. The molecule has 0 saturated heterocycles. The molecule has 1 atom stereocenters. The second kappa shape index (κ2) is 7.36. The first-order valence-corrected chi connectivity index (χ1v) is 9.98. The smallest absolute Gasteiger partial charge is 0.263 e. The fraction of sp³-hybridized carbons (Fsp3) is 0.167. The van der Waals surface area contributed by atoms with Crippen molar-refractivity contribution in [1.29, 1.82) is 0 Å². The van der Waals surface area contributed by atoms with Crippen LogP contribution < -0.4 is 0 Å². The lowest BCUT2D eigenvalue weighted by molar-refractivity contribution is -0.133. The van der Waals surface area contributed by atoms with Crippen molar-refractivity contribution in [2.24, 2.45) is 5.10 Å². The van der Waals surface area contributed by atoms with Crippen molar-refractivity contribution in [1.82, 2.24) is 9.91 Å². The van der Waals surface area contributed by atoms with Crippen molar-refractivity contribution in [3.8, 4) is 0 Å². The predicted octanol–water partition coefficient (Wildman–Crippen LogP) is 3.56. The molecule has 3 amide bonds. The number of benzene rings is 2. The number of amides is 3. The molecule has 0 unspecified atom stereocenters. The minimum atomic E-state index is -0.467. The lowest BCUT2D eigenvalue weighted by atomic mass is 10.0. The quantitative estimate of drug-likeness (QED) is 0.613. The van der Waals surface area contributed by atoms with Crippen LogP contribution in [0, 0.1) is 6.92 Å². The Labute approximate surface area is 178 Å². The van der Waals surface area contributed by atoms with E-state index in [9.17, 15) is 14.4 Å². The van der Waals surface area contributed by atoms with E-state index in [1.54, 1.807) is 42.7 Å². The normalized spacial score (nSPS) is 17.8. The van der Waals surface area contributed by atoms with Gasteiger partial charge in [0.15, 0.2) is 0 Å². The van der Waals surface area contributed by atoms with Crippen LogP contribution in [0.15, 0.2) is 76.4 Å². The number of furan rings is 1. The van der Waals surface area contributed by atoms with Crippen LogP contribution >= 0.6 is 0 Å². The van der Waals surface area contributed by atoms with E-state index in [1.807, 2.05) is 31.2 Å². The summed E-state index contributed by atoms with van der Waals surface area (Å²) in [6.07, 6.45) is 2.02. The summed E-state index contributed by atoms with van der Waals surface area (Å²) in [5, 5.41) is 5.89. The molecule has 2 aliphatic heterocycles. The van der Waals surface area contributed by atoms with Crippen LogP contribution in [0.5, 0.6) is 0 Å². The van der Waals surface area contributed by atoms with E-state index in [0.29, 0.717) is 23.3 Å².